The molecule has 0 aliphatic carbocycles. The molecule has 0 saturated carbocycles. The normalized spacial score (nSPS) is 15.9. The largest absolute Gasteiger partial charge is 0.391 e. The van der Waals surface area contributed by atoms with Gasteiger partial charge >= 0.3 is 0 Å². The van der Waals surface area contributed by atoms with E-state index in [1.165, 1.54) is 5.56 Å². The van der Waals surface area contributed by atoms with Crippen LogP contribution in [0.25, 0.3) is 0 Å². The molecule has 3 heteroatoms. The van der Waals surface area contributed by atoms with Crippen molar-refractivity contribution in [3.63, 3.8) is 0 Å². The molecular formula is C14H19NO2. The summed E-state index contributed by atoms with van der Waals surface area (Å²) in [6, 6.07) is 12.1. The first-order valence-electron chi connectivity index (χ1n) is 5.90. The molecule has 0 aliphatic rings. The van der Waals surface area contributed by atoms with Crippen LogP contribution < -0.4 is 0 Å². The summed E-state index contributed by atoms with van der Waals surface area (Å²) in [6.07, 6.45) is 0.140. The van der Waals surface area contributed by atoms with Crippen LogP contribution in [0.5, 0.6) is 0 Å². The topological polar surface area (TPSA) is 53.2 Å². The van der Waals surface area contributed by atoms with Gasteiger partial charge in [0.15, 0.2) is 0 Å². The molecule has 3 nitrogen and oxygen atoms in total. The molecule has 17 heavy (non-hydrogen) atoms. The maximum atomic E-state index is 9.32. The van der Waals surface area contributed by atoms with E-state index in [-0.39, 0.29) is 6.10 Å². The number of aryl methyl sites for hydroxylation is 1. The second kappa shape index (κ2) is 7.05. The van der Waals surface area contributed by atoms with Crippen molar-refractivity contribution in [1.29, 1.82) is 5.26 Å². The lowest BCUT2D eigenvalue weighted by molar-refractivity contribution is -0.0434. The van der Waals surface area contributed by atoms with Crippen LogP contribution in [0, 0.1) is 11.3 Å². The summed E-state index contributed by atoms with van der Waals surface area (Å²) in [5, 5.41) is 18.3. The molecule has 0 amide bonds. The van der Waals surface area contributed by atoms with Gasteiger partial charge in [0.25, 0.3) is 0 Å². The van der Waals surface area contributed by atoms with Crippen LogP contribution in [0.2, 0.25) is 0 Å². The van der Waals surface area contributed by atoms with Gasteiger partial charge in [-0.05, 0) is 32.3 Å². The minimum atomic E-state index is -0.553. The predicted molar refractivity (Wildman–Crippen MR) is 66.4 cm³/mol. The Balaban J connectivity index is 2.41. The summed E-state index contributed by atoms with van der Waals surface area (Å²) < 4.78 is 5.47. The van der Waals surface area contributed by atoms with E-state index in [0.717, 1.165) is 6.42 Å². The summed E-state index contributed by atoms with van der Waals surface area (Å²) >= 11 is 0. The summed E-state index contributed by atoms with van der Waals surface area (Å²) in [5.74, 6) is 0. The van der Waals surface area contributed by atoms with Gasteiger partial charge in [-0.3, -0.25) is 0 Å². The van der Waals surface area contributed by atoms with Gasteiger partial charge in [-0.2, -0.15) is 5.26 Å². The number of hydrogen-bond donors (Lipinski definition) is 1. The highest BCUT2D eigenvalue weighted by Gasteiger charge is 2.16. The highest BCUT2D eigenvalue weighted by Crippen LogP contribution is 2.10. The monoisotopic (exact) mass is 233 g/mol. The highest BCUT2D eigenvalue weighted by atomic mass is 16.5. The fourth-order valence-electron chi connectivity index (χ4n) is 1.48. The molecule has 3 atom stereocenters. The lowest BCUT2D eigenvalue weighted by atomic mass is 10.1. The van der Waals surface area contributed by atoms with Crippen LogP contribution in [0.3, 0.4) is 0 Å². The number of hydrogen-bond acceptors (Lipinski definition) is 3. The van der Waals surface area contributed by atoms with Gasteiger partial charge in [-0.1, -0.05) is 30.3 Å². The van der Waals surface area contributed by atoms with E-state index in [1.807, 2.05) is 30.3 Å². The van der Waals surface area contributed by atoms with E-state index in [1.54, 1.807) is 13.8 Å². The van der Waals surface area contributed by atoms with Gasteiger partial charge in [0.05, 0.1) is 18.3 Å². The van der Waals surface area contributed by atoms with Crippen LogP contribution >= 0.6 is 0 Å². The molecule has 1 aromatic carbocycles. The standard InChI is InChI=1S/C14H19NO2/c1-11(16)12(2)17-14(10-15)9-8-13-6-4-3-5-7-13/h3-7,11-12,14,16H,8-9H2,1-2H3. The van der Waals surface area contributed by atoms with E-state index in [2.05, 4.69) is 6.07 Å². The second-order valence-corrected chi connectivity index (χ2v) is 4.22. The van der Waals surface area contributed by atoms with E-state index in [9.17, 15) is 5.11 Å². The fourth-order valence-corrected chi connectivity index (χ4v) is 1.48. The first kappa shape index (κ1) is 13.7. The molecule has 0 aliphatic heterocycles. The number of nitriles is 1. The first-order valence-corrected chi connectivity index (χ1v) is 5.90. The van der Waals surface area contributed by atoms with Gasteiger partial charge in [0.1, 0.15) is 6.10 Å². The summed E-state index contributed by atoms with van der Waals surface area (Å²) in [7, 11) is 0. The van der Waals surface area contributed by atoms with E-state index < -0.39 is 12.2 Å². The Hall–Kier alpha value is -1.37. The molecule has 0 fully saturated rings. The lowest BCUT2D eigenvalue weighted by Crippen LogP contribution is -2.28. The molecule has 1 N–H and O–H groups in total. The average molecular weight is 233 g/mol. The average Bonchev–Trinajstić information content (AvgIpc) is 2.35. The van der Waals surface area contributed by atoms with Crippen molar-refractivity contribution >= 4 is 0 Å². The molecule has 0 spiro atoms. The minimum Gasteiger partial charge on any atom is -0.391 e. The third kappa shape index (κ3) is 4.99. The van der Waals surface area contributed by atoms with E-state index >= 15 is 0 Å². The molecule has 3 unspecified atom stereocenters. The number of benzene rings is 1. The molecule has 0 aromatic heterocycles. The number of rotatable bonds is 6. The SMILES string of the molecule is CC(O)C(C)OC(C#N)CCc1ccccc1. The Morgan fingerprint density at radius 3 is 2.47 bits per heavy atom. The first-order chi connectivity index (χ1) is 8.13. The molecular weight excluding hydrogens is 214 g/mol. The Kier molecular flexibility index (Phi) is 5.68. The van der Waals surface area contributed by atoms with Crippen LogP contribution in [0.15, 0.2) is 30.3 Å². The zero-order chi connectivity index (χ0) is 12.7. The third-order valence-electron chi connectivity index (χ3n) is 2.74. The molecule has 0 radical (unpaired) electrons. The second-order valence-electron chi connectivity index (χ2n) is 4.22. The lowest BCUT2D eigenvalue weighted by Gasteiger charge is -2.19. The van der Waals surface area contributed by atoms with Gasteiger partial charge in [-0.25, -0.2) is 0 Å². The van der Waals surface area contributed by atoms with Crippen LogP contribution in [0.1, 0.15) is 25.8 Å². The van der Waals surface area contributed by atoms with Crippen LogP contribution in [0.4, 0.5) is 0 Å². The third-order valence-corrected chi connectivity index (χ3v) is 2.74. The van der Waals surface area contributed by atoms with Crippen molar-refractivity contribution < 1.29 is 9.84 Å². The fraction of sp³-hybridized carbons (Fsp3) is 0.500. The van der Waals surface area contributed by atoms with E-state index in [4.69, 9.17) is 10.00 Å². The van der Waals surface area contributed by atoms with Crippen molar-refractivity contribution in [2.24, 2.45) is 0 Å². The van der Waals surface area contributed by atoms with Crippen molar-refractivity contribution in [3.05, 3.63) is 35.9 Å². The minimum absolute atomic E-state index is 0.310. The molecule has 0 heterocycles. The van der Waals surface area contributed by atoms with Crippen molar-refractivity contribution in [2.75, 3.05) is 0 Å². The van der Waals surface area contributed by atoms with E-state index in [0.29, 0.717) is 6.42 Å². The van der Waals surface area contributed by atoms with Gasteiger partial charge < -0.3 is 9.84 Å². The van der Waals surface area contributed by atoms with Crippen molar-refractivity contribution in [2.45, 2.75) is 45.0 Å². The number of aliphatic hydroxyl groups is 1. The number of aliphatic hydroxyl groups excluding tert-OH is 1. The molecule has 1 aromatic rings. The zero-order valence-electron chi connectivity index (χ0n) is 10.3. The maximum Gasteiger partial charge on any atom is 0.144 e. The van der Waals surface area contributed by atoms with Crippen molar-refractivity contribution in [1.82, 2.24) is 0 Å². The molecule has 0 saturated heterocycles. The quantitative estimate of drug-likeness (QED) is 0.820. The Morgan fingerprint density at radius 1 is 1.29 bits per heavy atom. The van der Waals surface area contributed by atoms with Crippen LogP contribution in [-0.2, 0) is 11.2 Å². The zero-order valence-corrected chi connectivity index (χ0v) is 10.3. The molecule has 1 rings (SSSR count). The predicted octanol–water partition coefficient (Wildman–Crippen LogP) is 2.30. The maximum absolute atomic E-state index is 9.32. The number of ether oxygens (including phenoxy) is 1. The molecule has 0 bridgehead atoms. The summed E-state index contributed by atoms with van der Waals surface area (Å²) in [5.41, 5.74) is 1.20. The van der Waals surface area contributed by atoms with Gasteiger partial charge in [-0.15, -0.1) is 0 Å². The Labute approximate surface area is 103 Å². The van der Waals surface area contributed by atoms with Crippen LogP contribution in [-0.4, -0.2) is 23.4 Å². The van der Waals surface area contributed by atoms with Gasteiger partial charge in [0, 0.05) is 0 Å². The Morgan fingerprint density at radius 2 is 1.94 bits per heavy atom. The smallest absolute Gasteiger partial charge is 0.144 e. The summed E-state index contributed by atoms with van der Waals surface area (Å²) in [4.78, 5) is 0. The molecule has 92 valence electrons. The number of nitrogens with zero attached hydrogens (tertiary/aromatic N) is 1. The van der Waals surface area contributed by atoms with Crippen molar-refractivity contribution in [3.8, 4) is 6.07 Å². The summed E-state index contributed by atoms with van der Waals surface area (Å²) in [6.45, 7) is 3.44. The van der Waals surface area contributed by atoms with Gasteiger partial charge in [0.2, 0.25) is 0 Å². The highest BCUT2D eigenvalue weighted by molar-refractivity contribution is 5.15. The Bertz CT molecular complexity index is 356.